The van der Waals surface area contributed by atoms with Gasteiger partial charge in [0.25, 0.3) is 0 Å². The summed E-state index contributed by atoms with van der Waals surface area (Å²) in [4.78, 5) is 16.7. The highest BCUT2D eigenvalue weighted by molar-refractivity contribution is 9.10. The fourth-order valence-corrected chi connectivity index (χ4v) is 3.79. The average Bonchev–Trinajstić information content (AvgIpc) is 2.99. The van der Waals surface area contributed by atoms with Gasteiger partial charge in [0.2, 0.25) is 5.91 Å². The number of halogens is 3. The van der Waals surface area contributed by atoms with Crippen molar-refractivity contribution in [2.45, 2.75) is 19.6 Å². The van der Waals surface area contributed by atoms with Gasteiger partial charge in [0.15, 0.2) is 0 Å². The summed E-state index contributed by atoms with van der Waals surface area (Å²) in [7, 11) is 0. The van der Waals surface area contributed by atoms with Crippen molar-refractivity contribution in [3.63, 3.8) is 0 Å². The fraction of sp³-hybridized carbons (Fsp3) is 0.304. The van der Waals surface area contributed by atoms with Crippen LogP contribution in [0.5, 0.6) is 5.75 Å². The minimum Gasteiger partial charge on any atom is -0.434 e. The monoisotopic (exact) mass is 489 g/mol. The maximum atomic E-state index is 12.7. The van der Waals surface area contributed by atoms with Gasteiger partial charge in [0, 0.05) is 48.8 Å². The van der Waals surface area contributed by atoms with E-state index in [0.717, 1.165) is 31.6 Å². The predicted molar refractivity (Wildman–Crippen MR) is 117 cm³/mol. The van der Waals surface area contributed by atoms with Gasteiger partial charge in [-0.2, -0.15) is 14.0 Å². The van der Waals surface area contributed by atoms with E-state index in [2.05, 4.69) is 31.6 Å². The summed E-state index contributed by atoms with van der Waals surface area (Å²) in [6.45, 7) is 0.638. The van der Waals surface area contributed by atoms with E-state index in [1.54, 1.807) is 17.0 Å². The summed E-state index contributed by atoms with van der Waals surface area (Å²) < 4.78 is 30.5. The van der Waals surface area contributed by atoms with Gasteiger partial charge in [0.1, 0.15) is 5.75 Å². The smallest absolute Gasteiger partial charge is 0.387 e. The first-order valence-corrected chi connectivity index (χ1v) is 10.7. The maximum Gasteiger partial charge on any atom is 0.387 e. The van der Waals surface area contributed by atoms with Gasteiger partial charge in [-0.15, -0.1) is 0 Å². The van der Waals surface area contributed by atoms with Gasteiger partial charge in [0.05, 0.1) is 11.6 Å². The zero-order valence-electron chi connectivity index (χ0n) is 16.8. The van der Waals surface area contributed by atoms with Crippen molar-refractivity contribution in [1.82, 2.24) is 9.80 Å². The minimum atomic E-state index is -2.93. The predicted octanol–water partition coefficient (Wildman–Crippen LogP) is 4.67. The Bertz CT molecular complexity index is 974. The standard InChI is InChI=1S/C23H22BrF2N3O2/c24-20-7-8-21(31-23(25)26)19(14-20)6-9-22(30)29-11-1-10-28(12-13-29)16-18-4-2-17(15-27)3-5-18/h2-9,14,23H,1,10-13,16H2/b9-6+. The molecule has 2 aromatic rings. The Morgan fingerprint density at radius 2 is 1.94 bits per heavy atom. The molecule has 1 saturated heterocycles. The van der Waals surface area contributed by atoms with Crippen molar-refractivity contribution >= 4 is 27.9 Å². The molecular formula is C23H22BrF2N3O2. The molecule has 0 bridgehead atoms. The number of rotatable bonds is 6. The Hall–Kier alpha value is -2.76. The molecule has 1 aliphatic heterocycles. The van der Waals surface area contributed by atoms with Crippen LogP contribution in [-0.2, 0) is 11.3 Å². The molecule has 162 valence electrons. The lowest BCUT2D eigenvalue weighted by atomic mass is 10.1. The van der Waals surface area contributed by atoms with Gasteiger partial charge in [-0.3, -0.25) is 9.69 Å². The number of benzene rings is 2. The molecule has 0 unspecified atom stereocenters. The maximum absolute atomic E-state index is 12.7. The van der Waals surface area contributed by atoms with E-state index in [1.807, 2.05) is 24.3 Å². The highest BCUT2D eigenvalue weighted by Gasteiger charge is 2.18. The molecule has 0 aliphatic carbocycles. The van der Waals surface area contributed by atoms with E-state index in [0.29, 0.717) is 28.7 Å². The Balaban J connectivity index is 1.59. The zero-order valence-corrected chi connectivity index (χ0v) is 18.4. The zero-order chi connectivity index (χ0) is 22.2. The van der Waals surface area contributed by atoms with Crippen LogP contribution in [0.4, 0.5) is 8.78 Å². The van der Waals surface area contributed by atoms with E-state index in [1.165, 1.54) is 18.2 Å². The molecule has 31 heavy (non-hydrogen) atoms. The number of hydrogen-bond acceptors (Lipinski definition) is 4. The Morgan fingerprint density at radius 3 is 2.65 bits per heavy atom. The lowest BCUT2D eigenvalue weighted by Gasteiger charge is -2.21. The Kier molecular flexibility index (Phi) is 8.15. The lowest BCUT2D eigenvalue weighted by Crippen LogP contribution is -2.34. The number of nitrogens with zero attached hydrogens (tertiary/aromatic N) is 3. The molecule has 1 amide bonds. The third-order valence-corrected chi connectivity index (χ3v) is 5.48. The lowest BCUT2D eigenvalue weighted by molar-refractivity contribution is -0.125. The summed E-state index contributed by atoms with van der Waals surface area (Å²) in [5, 5.41) is 8.91. The van der Waals surface area contributed by atoms with Crippen molar-refractivity contribution in [2.75, 3.05) is 26.2 Å². The van der Waals surface area contributed by atoms with Crippen LogP contribution >= 0.6 is 15.9 Å². The first-order valence-electron chi connectivity index (χ1n) is 9.87. The first-order chi connectivity index (χ1) is 14.9. The average molecular weight is 490 g/mol. The molecule has 0 atom stereocenters. The van der Waals surface area contributed by atoms with Gasteiger partial charge >= 0.3 is 6.61 Å². The van der Waals surface area contributed by atoms with Crippen LogP contribution in [0.15, 0.2) is 53.0 Å². The van der Waals surface area contributed by atoms with E-state index < -0.39 is 6.61 Å². The molecule has 0 saturated carbocycles. The molecule has 0 radical (unpaired) electrons. The molecule has 3 rings (SSSR count). The third kappa shape index (κ3) is 6.88. The molecule has 8 heteroatoms. The topological polar surface area (TPSA) is 56.6 Å². The third-order valence-electron chi connectivity index (χ3n) is 4.98. The molecule has 0 aromatic heterocycles. The van der Waals surface area contributed by atoms with Gasteiger partial charge in [-0.05, 0) is 48.4 Å². The van der Waals surface area contributed by atoms with Crippen molar-refractivity contribution in [1.29, 1.82) is 5.26 Å². The van der Waals surface area contributed by atoms with Crippen LogP contribution in [0.3, 0.4) is 0 Å². The van der Waals surface area contributed by atoms with Gasteiger partial charge < -0.3 is 9.64 Å². The van der Waals surface area contributed by atoms with Crippen molar-refractivity contribution < 1.29 is 18.3 Å². The number of carbonyl (C=O) groups excluding carboxylic acids is 1. The van der Waals surface area contributed by atoms with E-state index in [4.69, 9.17) is 5.26 Å². The number of hydrogen-bond donors (Lipinski definition) is 0. The summed E-state index contributed by atoms with van der Waals surface area (Å²) in [5.41, 5.74) is 2.16. The highest BCUT2D eigenvalue weighted by Crippen LogP contribution is 2.26. The second kappa shape index (κ2) is 11.0. The second-order valence-electron chi connectivity index (χ2n) is 7.16. The van der Waals surface area contributed by atoms with Crippen LogP contribution in [0.1, 0.15) is 23.1 Å². The van der Waals surface area contributed by atoms with E-state index >= 15 is 0 Å². The second-order valence-corrected chi connectivity index (χ2v) is 8.07. The molecule has 1 aliphatic rings. The summed E-state index contributed by atoms with van der Waals surface area (Å²) >= 11 is 3.30. The number of carbonyl (C=O) groups is 1. The van der Waals surface area contributed by atoms with Crippen LogP contribution in [0.2, 0.25) is 0 Å². The van der Waals surface area contributed by atoms with Crippen molar-refractivity contribution in [2.24, 2.45) is 0 Å². The van der Waals surface area contributed by atoms with Gasteiger partial charge in [-0.1, -0.05) is 28.1 Å². The molecule has 5 nitrogen and oxygen atoms in total. The minimum absolute atomic E-state index is 0.0201. The quantitative estimate of drug-likeness (QED) is 0.553. The van der Waals surface area contributed by atoms with E-state index in [9.17, 15) is 13.6 Å². The Morgan fingerprint density at radius 1 is 1.16 bits per heavy atom. The highest BCUT2D eigenvalue weighted by atomic mass is 79.9. The number of alkyl halides is 2. The summed E-state index contributed by atoms with van der Waals surface area (Å²) in [6, 6.07) is 14.3. The SMILES string of the molecule is N#Cc1ccc(CN2CCCN(C(=O)/C=C/c3cc(Br)ccc3OC(F)F)CC2)cc1. The number of nitriles is 1. The molecule has 0 N–H and O–H groups in total. The van der Waals surface area contributed by atoms with Crippen LogP contribution < -0.4 is 4.74 Å². The summed E-state index contributed by atoms with van der Waals surface area (Å²) in [5.74, 6) is -0.144. The normalized spacial score (nSPS) is 15.1. The summed E-state index contributed by atoms with van der Waals surface area (Å²) in [6.07, 6.45) is 3.74. The molecule has 1 heterocycles. The molecule has 1 fully saturated rings. The van der Waals surface area contributed by atoms with Crippen LogP contribution in [0.25, 0.3) is 6.08 Å². The van der Waals surface area contributed by atoms with Crippen LogP contribution in [0, 0.1) is 11.3 Å². The molecular weight excluding hydrogens is 468 g/mol. The van der Waals surface area contributed by atoms with E-state index in [-0.39, 0.29) is 11.7 Å². The molecule has 2 aromatic carbocycles. The first kappa shape index (κ1) is 22.9. The molecule has 0 spiro atoms. The van der Waals surface area contributed by atoms with Crippen molar-refractivity contribution in [3.8, 4) is 11.8 Å². The van der Waals surface area contributed by atoms with Gasteiger partial charge in [-0.25, -0.2) is 0 Å². The Labute approximate surface area is 188 Å². The van der Waals surface area contributed by atoms with Crippen molar-refractivity contribution in [3.05, 3.63) is 69.7 Å². The van der Waals surface area contributed by atoms with Crippen LogP contribution in [-0.4, -0.2) is 48.5 Å². The largest absolute Gasteiger partial charge is 0.434 e. The fourth-order valence-electron chi connectivity index (χ4n) is 3.41. The number of ether oxygens (including phenoxy) is 1. The number of amides is 1.